The standard InChI is InChI=1S/C14H24N2S/c1-14(12-15,16(2)9-10-17-3)11-13-7-5-4-6-8-13/h4-8H,9-12,15H2,1-3H3. The fraction of sp³-hybridized carbons (Fsp3) is 0.571. The molecule has 2 N–H and O–H groups in total. The molecular formula is C14H24N2S. The molecule has 1 aromatic rings. The summed E-state index contributed by atoms with van der Waals surface area (Å²) in [7, 11) is 2.17. The molecule has 0 heterocycles. The van der Waals surface area contributed by atoms with E-state index in [0.29, 0.717) is 6.54 Å². The van der Waals surface area contributed by atoms with Crippen LogP contribution in [0.3, 0.4) is 0 Å². The molecule has 0 saturated carbocycles. The van der Waals surface area contributed by atoms with Crippen LogP contribution >= 0.6 is 11.8 Å². The van der Waals surface area contributed by atoms with Gasteiger partial charge >= 0.3 is 0 Å². The first-order valence-electron chi connectivity index (χ1n) is 6.06. The number of nitrogens with two attached hydrogens (primary N) is 1. The monoisotopic (exact) mass is 252 g/mol. The van der Waals surface area contributed by atoms with Crippen LogP contribution in [0.4, 0.5) is 0 Å². The average Bonchev–Trinajstić information content (AvgIpc) is 2.36. The minimum atomic E-state index is 0.0527. The molecule has 0 aromatic heterocycles. The zero-order chi connectivity index (χ0) is 12.7. The van der Waals surface area contributed by atoms with Crippen molar-refractivity contribution in [1.29, 1.82) is 0 Å². The van der Waals surface area contributed by atoms with E-state index in [4.69, 9.17) is 5.73 Å². The molecule has 0 spiro atoms. The fourth-order valence-corrected chi connectivity index (χ4v) is 2.35. The molecule has 0 aliphatic rings. The smallest absolute Gasteiger partial charge is 0.0341 e. The lowest BCUT2D eigenvalue weighted by Crippen LogP contribution is -2.52. The van der Waals surface area contributed by atoms with Gasteiger partial charge in [-0.3, -0.25) is 4.90 Å². The highest BCUT2D eigenvalue weighted by atomic mass is 32.2. The van der Waals surface area contributed by atoms with Crippen molar-refractivity contribution in [3.63, 3.8) is 0 Å². The summed E-state index contributed by atoms with van der Waals surface area (Å²) in [6.07, 6.45) is 3.15. The van der Waals surface area contributed by atoms with Gasteiger partial charge in [-0.15, -0.1) is 0 Å². The van der Waals surface area contributed by atoms with Crippen LogP contribution in [0.15, 0.2) is 30.3 Å². The number of likely N-dealkylation sites (N-methyl/N-ethyl adjacent to an activating group) is 1. The lowest BCUT2D eigenvalue weighted by molar-refractivity contribution is 0.153. The van der Waals surface area contributed by atoms with Gasteiger partial charge in [-0.25, -0.2) is 0 Å². The zero-order valence-electron chi connectivity index (χ0n) is 11.1. The van der Waals surface area contributed by atoms with Crippen molar-refractivity contribution in [2.75, 3.05) is 32.1 Å². The van der Waals surface area contributed by atoms with Gasteiger partial charge in [-0.2, -0.15) is 11.8 Å². The predicted molar refractivity (Wildman–Crippen MR) is 78.6 cm³/mol. The first kappa shape index (κ1) is 14.6. The number of nitrogens with zero attached hydrogens (tertiary/aromatic N) is 1. The Bertz CT molecular complexity index is 315. The highest BCUT2D eigenvalue weighted by Gasteiger charge is 2.27. The number of rotatable bonds is 7. The molecule has 96 valence electrons. The summed E-state index contributed by atoms with van der Waals surface area (Å²) in [5.41, 5.74) is 7.39. The fourth-order valence-electron chi connectivity index (χ4n) is 1.90. The maximum atomic E-state index is 5.98. The van der Waals surface area contributed by atoms with Gasteiger partial charge in [-0.1, -0.05) is 30.3 Å². The second-order valence-corrected chi connectivity index (χ2v) is 5.76. The molecule has 0 saturated heterocycles. The summed E-state index contributed by atoms with van der Waals surface area (Å²) in [6.45, 7) is 4.02. The molecule has 17 heavy (non-hydrogen) atoms. The molecule has 0 amide bonds. The molecule has 0 aliphatic carbocycles. The topological polar surface area (TPSA) is 29.3 Å². The minimum Gasteiger partial charge on any atom is -0.329 e. The van der Waals surface area contributed by atoms with E-state index in [1.54, 1.807) is 0 Å². The van der Waals surface area contributed by atoms with Gasteiger partial charge < -0.3 is 5.73 Å². The highest BCUT2D eigenvalue weighted by Crippen LogP contribution is 2.18. The summed E-state index contributed by atoms with van der Waals surface area (Å²) in [5.74, 6) is 1.15. The van der Waals surface area contributed by atoms with E-state index in [9.17, 15) is 0 Å². The largest absolute Gasteiger partial charge is 0.329 e. The lowest BCUT2D eigenvalue weighted by Gasteiger charge is -2.38. The number of hydrogen-bond acceptors (Lipinski definition) is 3. The minimum absolute atomic E-state index is 0.0527. The van der Waals surface area contributed by atoms with Crippen LogP contribution in [0.2, 0.25) is 0 Å². The van der Waals surface area contributed by atoms with Crippen molar-refractivity contribution < 1.29 is 0 Å². The van der Waals surface area contributed by atoms with Crippen molar-refractivity contribution in [2.45, 2.75) is 18.9 Å². The molecular weight excluding hydrogens is 228 g/mol. The Morgan fingerprint density at radius 1 is 1.29 bits per heavy atom. The Labute approximate surface area is 110 Å². The van der Waals surface area contributed by atoms with Crippen LogP contribution in [-0.4, -0.2) is 42.6 Å². The number of thioether (sulfide) groups is 1. The van der Waals surface area contributed by atoms with E-state index in [-0.39, 0.29) is 5.54 Å². The number of hydrogen-bond donors (Lipinski definition) is 1. The van der Waals surface area contributed by atoms with Gasteiger partial charge in [-0.05, 0) is 32.2 Å². The average molecular weight is 252 g/mol. The van der Waals surface area contributed by atoms with E-state index in [1.807, 2.05) is 11.8 Å². The Kier molecular flexibility index (Phi) is 6.03. The second kappa shape index (κ2) is 7.04. The lowest BCUT2D eigenvalue weighted by atomic mass is 9.91. The van der Waals surface area contributed by atoms with Crippen LogP contribution in [-0.2, 0) is 6.42 Å². The van der Waals surface area contributed by atoms with Gasteiger partial charge in [0.25, 0.3) is 0 Å². The van der Waals surface area contributed by atoms with Crippen molar-refractivity contribution >= 4 is 11.8 Å². The Hall–Kier alpha value is -0.510. The molecule has 0 radical (unpaired) electrons. The molecule has 0 fully saturated rings. The van der Waals surface area contributed by atoms with Gasteiger partial charge in [0.15, 0.2) is 0 Å². The maximum absolute atomic E-state index is 5.98. The molecule has 2 nitrogen and oxygen atoms in total. The molecule has 1 aromatic carbocycles. The first-order chi connectivity index (χ1) is 8.12. The van der Waals surface area contributed by atoms with E-state index < -0.39 is 0 Å². The zero-order valence-corrected chi connectivity index (χ0v) is 12.0. The van der Waals surface area contributed by atoms with Gasteiger partial charge in [0, 0.05) is 24.4 Å². The van der Waals surface area contributed by atoms with Crippen LogP contribution in [0.1, 0.15) is 12.5 Å². The summed E-state index contributed by atoms with van der Waals surface area (Å²) in [4.78, 5) is 2.39. The third-order valence-electron chi connectivity index (χ3n) is 3.42. The Balaban J connectivity index is 2.67. The predicted octanol–water partition coefficient (Wildman–Crippen LogP) is 2.24. The second-order valence-electron chi connectivity index (χ2n) is 4.78. The first-order valence-corrected chi connectivity index (χ1v) is 7.46. The SMILES string of the molecule is CSCCN(C)C(C)(CN)Cc1ccccc1. The normalized spacial score (nSPS) is 14.9. The van der Waals surface area contributed by atoms with Crippen molar-refractivity contribution in [3.8, 4) is 0 Å². The van der Waals surface area contributed by atoms with E-state index in [2.05, 4.69) is 55.5 Å². The summed E-state index contributed by atoms with van der Waals surface area (Å²) < 4.78 is 0. The molecule has 1 rings (SSSR count). The molecule has 0 bridgehead atoms. The van der Waals surface area contributed by atoms with Gasteiger partial charge in [0.1, 0.15) is 0 Å². The Morgan fingerprint density at radius 3 is 2.47 bits per heavy atom. The summed E-state index contributed by atoms with van der Waals surface area (Å²) in [6, 6.07) is 10.6. The van der Waals surface area contributed by atoms with Crippen LogP contribution in [0.25, 0.3) is 0 Å². The van der Waals surface area contributed by atoms with E-state index in [0.717, 1.165) is 18.7 Å². The van der Waals surface area contributed by atoms with Crippen LogP contribution in [0.5, 0.6) is 0 Å². The van der Waals surface area contributed by atoms with Crippen molar-refractivity contribution in [2.24, 2.45) is 5.73 Å². The third-order valence-corrected chi connectivity index (χ3v) is 4.01. The van der Waals surface area contributed by atoms with Crippen LogP contribution < -0.4 is 5.73 Å². The van der Waals surface area contributed by atoms with Crippen molar-refractivity contribution in [3.05, 3.63) is 35.9 Å². The molecule has 3 heteroatoms. The quantitative estimate of drug-likeness (QED) is 0.807. The van der Waals surface area contributed by atoms with Crippen LogP contribution in [0, 0.1) is 0 Å². The molecule has 0 aliphatic heterocycles. The van der Waals surface area contributed by atoms with E-state index in [1.165, 1.54) is 5.56 Å². The van der Waals surface area contributed by atoms with Crippen molar-refractivity contribution in [1.82, 2.24) is 4.90 Å². The third kappa shape index (κ3) is 4.34. The van der Waals surface area contributed by atoms with Gasteiger partial charge in [0.05, 0.1) is 0 Å². The van der Waals surface area contributed by atoms with E-state index >= 15 is 0 Å². The van der Waals surface area contributed by atoms with Gasteiger partial charge in [0.2, 0.25) is 0 Å². The summed E-state index contributed by atoms with van der Waals surface area (Å²) in [5, 5.41) is 0. The Morgan fingerprint density at radius 2 is 1.94 bits per heavy atom. The highest BCUT2D eigenvalue weighted by molar-refractivity contribution is 7.98. The summed E-state index contributed by atoms with van der Waals surface area (Å²) >= 11 is 1.88. The molecule has 1 unspecified atom stereocenters. The molecule has 1 atom stereocenters. The number of benzene rings is 1. The maximum Gasteiger partial charge on any atom is 0.0341 e.